The van der Waals surface area contributed by atoms with Crippen molar-refractivity contribution in [3.63, 3.8) is 0 Å². The molecule has 0 radical (unpaired) electrons. The van der Waals surface area contributed by atoms with E-state index < -0.39 is 16.5 Å². The molecule has 11 nitrogen and oxygen atoms in total. The molecule has 3 rings (SSSR count). The Balaban J connectivity index is 1.83. The van der Waals surface area contributed by atoms with E-state index in [4.69, 9.17) is 4.74 Å². The summed E-state index contributed by atoms with van der Waals surface area (Å²) in [5, 5.41) is 14.4. The number of carbonyl (C=O) groups excluding carboxylic acids is 1. The lowest BCUT2D eigenvalue weighted by Gasteiger charge is -2.11. The average molecular weight is 381 g/mol. The average Bonchev–Trinajstić information content (AvgIpc) is 2.72. The lowest BCUT2D eigenvalue weighted by atomic mass is 10.3. The van der Waals surface area contributed by atoms with Crippen molar-refractivity contribution in [2.45, 2.75) is 0 Å². The van der Waals surface area contributed by atoms with Gasteiger partial charge in [0, 0.05) is 18.0 Å². The lowest BCUT2D eigenvalue weighted by Crippen LogP contribution is -2.31. The van der Waals surface area contributed by atoms with Gasteiger partial charge in [-0.1, -0.05) is 12.1 Å². The predicted octanol–water partition coefficient (Wildman–Crippen LogP) is 2.29. The van der Waals surface area contributed by atoms with E-state index in [-0.39, 0.29) is 17.3 Å². The molecule has 0 saturated heterocycles. The van der Waals surface area contributed by atoms with Crippen LogP contribution < -0.4 is 20.9 Å². The Morgan fingerprint density at radius 3 is 2.64 bits per heavy atom. The monoisotopic (exact) mass is 381 g/mol. The first-order chi connectivity index (χ1) is 13.6. The number of amides is 1. The molecule has 0 saturated carbocycles. The van der Waals surface area contributed by atoms with Gasteiger partial charge in [-0.3, -0.25) is 30.7 Å². The van der Waals surface area contributed by atoms with E-state index in [1.165, 1.54) is 19.4 Å². The van der Waals surface area contributed by atoms with Crippen LogP contribution in [0.4, 0.5) is 23.0 Å². The van der Waals surface area contributed by atoms with Crippen molar-refractivity contribution in [2.75, 3.05) is 17.9 Å². The van der Waals surface area contributed by atoms with Crippen molar-refractivity contribution in [3.05, 3.63) is 70.8 Å². The Kier molecular flexibility index (Phi) is 5.55. The van der Waals surface area contributed by atoms with Crippen molar-refractivity contribution in [3.8, 4) is 5.75 Å². The van der Waals surface area contributed by atoms with Crippen molar-refractivity contribution >= 4 is 28.9 Å². The Hall–Kier alpha value is -4.28. The minimum absolute atomic E-state index is 0.0529. The second kappa shape index (κ2) is 8.40. The summed E-state index contributed by atoms with van der Waals surface area (Å²) in [6.07, 6.45) is 2.59. The fraction of sp³-hybridized carbons (Fsp3) is 0.0588. The number of hydrogen-bond acceptors (Lipinski definition) is 9. The molecular formula is C17H15N7O4. The highest BCUT2D eigenvalue weighted by Crippen LogP contribution is 2.31. The summed E-state index contributed by atoms with van der Waals surface area (Å²) in [6, 6.07) is 11.6. The van der Waals surface area contributed by atoms with Gasteiger partial charge in [-0.15, -0.1) is 0 Å². The number of ether oxygens (including phenoxy) is 1. The summed E-state index contributed by atoms with van der Waals surface area (Å²) in [4.78, 5) is 34.6. The van der Waals surface area contributed by atoms with Gasteiger partial charge in [0.1, 0.15) is 17.8 Å². The highest BCUT2D eigenvalue weighted by atomic mass is 16.6. The summed E-state index contributed by atoms with van der Waals surface area (Å²) in [5.41, 5.74) is 5.00. The van der Waals surface area contributed by atoms with Crippen LogP contribution in [-0.4, -0.2) is 32.9 Å². The maximum atomic E-state index is 12.1. The number of anilines is 3. The molecule has 0 bridgehead atoms. The van der Waals surface area contributed by atoms with Crippen LogP contribution in [-0.2, 0) is 0 Å². The van der Waals surface area contributed by atoms with Crippen molar-refractivity contribution in [1.82, 2.24) is 20.4 Å². The highest BCUT2D eigenvalue weighted by Gasteiger charge is 2.24. The van der Waals surface area contributed by atoms with Gasteiger partial charge in [0.25, 0.3) is 5.91 Å². The number of pyridine rings is 1. The summed E-state index contributed by atoms with van der Waals surface area (Å²) >= 11 is 0. The zero-order valence-corrected chi connectivity index (χ0v) is 14.6. The quantitative estimate of drug-likeness (QED) is 0.414. The van der Waals surface area contributed by atoms with Crippen LogP contribution in [0.25, 0.3) is 0 Å². The topological polar surface area (TPSA) is 144 Å². The van der Waals surface area contributed by atoms with E-state index in [0.717, 1.165) is 6.33 Å². The van der Waals surface area contributed by atoms with Crippen LogP contribution in [0.1, 0.15) is 10.5 Å². The third kappa shape index (κ3) is 4.27. The number of nitro groups is 1. The third-order valence-electron chi connectivity index (χ3n) is 3.53. The fourth-order valence-electron chi connectivity index (χ4n) is 2.25. The zero-order valence-electron chi connectivity index (χ0n) is 14.6. The minimum atomic E-state index is -0.655. The maximum Gasteiger partial charge on any atom is 0.355 e. The number of aromatic nitrogens is 3. The number of benzene rings is 1. The van der Waals surface area contributed by atoms with E-state index in [9.17, 15) is 14.9 Å². The van der Waals surface area contributed by atoms with E-state index >= 15 is 0 Å². The SMILES string of the molecule is COc1cccc(Nc2ncnc(NNC(=O)c3ccccn3)c2[N+](=O)[O-])c1. The number of methoxy groups -OCH3 is 1. The largest absolute Gasteiger partial charge is 0.497 e. The van der Waals surface area contributed by atoms with E-state index in [0.29, 0.717) is 11.4 Å². The molecule has 2 heterocycles. The summed E-state index contributed by atoms with van der Waals surface area (Å²) < 4.78 is 5.13. The molecule has 3 aromatic rings. The van der Waals surface area contributed by atoms with Crippen LogP contribution in [0.15, 0.2) is 55.0 Å². The Labute approximate surface area is 158 Å². The number of rotatable bonds is 7. The Bertz CT molecular complexity index is 998. The maximum absolute atomic E-state index is 12.1. The standard InChI is InChI=1S/C17H15N7O4/c1-28-12-6-4-5-11(9-12)21-15-14(24(26)27)16(20-10-19-15)22-23-17(25)13-7-2-3-8-18-13/h2-10H,1H3,(H,23,25)(H2,19,20,21,22). The molecule has 0 spiro atoms. The summed E-state index contributed by atoms with van der Waals surface area (Å²) in [7, 11) is 1.51. The first-order valence-corrected chi connectivity index (χ1v) is 7.96. The Morgan fingerprint density at radius 2 is 1.93 bits per heavy atom. The molecule has 3 N–H and O–H groups in total. The van der Waals surface area contributed by atoms with Crippen molar-refractivity contribution in [2.24, 2.45) is 0 Å². The number of nitrogens with zero attached hydrogens (tertiary/aromatic N) is 4. The number of carbonyl (C=O) groups is 1. The van der Waals surface area contributed by atoms with E-state index in [2.05, 4.69) is 31.1 Å². The van der Waals surface area contributed by atoms with Crippen LogP contribution in [0.3, 0.4) is 0 Å². The smallest absolute Gasteiger partial charge is 0.355 e. The molecule has 0 atom stereocenters. The van der Waals surface area contributed by atoms with Crippen LogP contribution >= 0.6 is 0 Å². The molecule has 0 aliphatic rings. The van der Waals surface area contributed by atoms with Gasteiger partial charge in [-0.05, 0) is 24.3 Å². The van der Waals surface area contributed by atoms with Gasteiger partial charge < -0.3 is 10.1 Å². The lowest BCUT2D eigenvalue weighted by molar-refractivity contribution is -0.383. The molecule has 142 valence electrons. The van der Waals surface area contributed by atoms with E-state index in [1.54, 1.807) is 36.4 Å². The zero-order chi connectivity index (χ0) is 19.9. The van der Waals surface area contributed by atoms with Crippen LogP contribution in [0.5, 0.6) is 5.75 Å². The molecule has 1 amide bonds. The van der Waals surface area contributed by atoms with Gasteiger partial charge in [-0.2, -0.15) is 0 Å². The summed E-state index contributed by atoms with van der Waals surface area (Å²) in [5.74, 6) is -0.240. The summed E-state index contributed by atoms with van der Waals surface area (Å²) in [6.45, 7) is 0. The second-order valence-electron chi connectivity index (χ2n) is 5.33. The molecule has 1 aromatic carbocycles. The van der Waals surface area contributed by atoms with Gasteiger partial charge in [0.05, 0.1) is 12.0 Å². The number of hydrogen-bond donors (Lipinski definition) is 3. The van der Waals surface area contributed by atoms with Crippen LogP contribution in [0.2, 0.25) is 0 Å². The molecule has 2 aromatic heterocycles. The molecule has 28 heavy (non-hydrogen) atoms. The first-order valence-electron chi connectivity index (χ1n) is 7.96. The molecule has 11 heteroatoms. The predicted molar refractivity (Wildman–Crippen MR) is 100 cm³/mol. The Morgan fingerprint density at radius 1 is 1.11 bits per heavy atom. The third-order valence-corrected chi connectivity index (χ3v) is 3.53. The van der Waals surface area contributed by atoms with Gasteiger partial charge in [0.15, 0.2) is 0 Å². The molecule has 0 fully saturated rings. The molecule has 0 aliphatic heterocycles. The number of hydrazine groups is 1. The van der Waals surface area contributed by atoms with Crippen LogP contribution in [0, 0.1) is 10.1 Å². The number of nitrogens with one attached hydrogen (secondary N) is 3. The van der Waals surface area contributed by atoms with E-state index in [1.807, 2.05) is 0 Å². The molecule has 0 unspecified atom stereocenters. The first kappa shape index (κ1) is 18.5. The van der Waals surface area contributed by atoms with Gasteiger partial charge in [0.2, 0.25) is 11.6 Å². The van der Waals surface area contributed by atoms with Gasteiger partial charge in [-0.25, -0.2) is 9.97 Å². The second-order valence-corrected chi connectivity index (χ2v) is 5.33. The fourth-order valence-corrected chi connectivity index (χ4v) is 2.25. The molecule has 0 aliphatic carbocycles. The normalized spacial score (nSPS) is 10.0. The van der Waals surface area contributed by atoms with Gasteiger partial charge >= 0.3 is 5.69 Å². The van der Waals surface area contributed by atoms with Crippen molar-refractivity contribution in [1.29, 1.82) is 0 Å². The molecular weight excluding hydrogens is 366 g/mol. The van der Waals surface area contributed by atoms with Crippen molar-refractivity contribution < 1.29 is 14.5 Å². The minimum Gasteiger partial charge on any atom is -0.497 e. The highest BCUT2D eigenvalue weighted by molar-refractivity contribution is 5.93.